The van der Waals surface area contributed by atoms with Gasteiger partial charge in [-0.05, 0) is 16.7 Å². The van der Waals surface area contributed by atoms with Crippen molar-refractivity contribution in [2.75, 3.05) is 13.2 Å². The van der Waals surface area contributed by atoms with E-state index in [4.69, 9.17) is 4.74 Å². The minimum Gasteiger partial charge on any atom is -0.454 e. The van der Waals surface area contributed by atoms with Crippen molar-refractivity contribution in [3.8, 4) is 0 Å². The molecular formula is C25H24N2O4. The van der Waals surface area contributed by atoms with E-state index in [2.05, 4.69) is 10.6 Å². The highest BCUT2D eigenvalue weighted by Crippen LogP contribution is 2.21. The molecule has 3 rings (SSSR count). The summed E-state index contributed by atoms with van der Waals surface area (Å²) in [6.07, 6.45) is 0.171. The fourth-order valence-corrected chi connectivity index (χ4v) is 3.06. The van der Waals surface area contributed by atoms with Gasteiger partial charge < -0.3 is 15.4 Å². The highest BCUT2D eigenvalue weighted by Gasteiger charge is 2.17. The van der Waals surface area contributed by atoms with Crippen molar-refractivity contribution in [3.63, 3.8) is 0 Å². The summed E-state index contributed by atoms with van der Waals surface area (Å²) in [7, 11) is 0. The van der Waals surface area contributed by atoms with Gasteiger partial charge in [0, 0.05) is 0 Å². The standard InChI is InChI=1S/C25H24N2O4/c28-22(16-19-10-4-1-5-11-19)26-17-24(30)31-18-23(29)27-25(20-12-6-2-7-13-20)21-14-8-3-9-15-21/h1-15,25H,16-18H2,(H,26,28)(H,27,29). The second-order valence-corrected chi connectivity index (χ2v) is 6.92. The van der Waals surface area contributed by atoms with E-state index in [-0.39, 0.29) is 24.9 Å². The van der Waals surface area contributed by atoms with Crippen LogP contribution in [0.15, 0.2) is 91.0 Å². The lowest BCUT2D eigenvalue weighted by Gasteiger charge is -2.20. The fourth-order valence-electron chi connectivity index (χ4n) is 3.06. The van der Waals surface area contributed by atoms with E-state index >= 15 is 0 Å². The molecule has 158 valence electrons. The molecule has 0 bridgehead atoms. The number of rotatable bonds is 9. The largest absolute Gasteiger partial charge is 0.454 e. The van der Waals surface area contributed by atoms with E-state index in [1.807, 2.05) is 91.0 Å². The third kappa shape index (κ3) is 7.12. The Morgan fingerprint density at radius 1 is 0.710 bits per heavy atom. The van der Waals surface area contributed by atoms with Crippen molar-refractivity contribution in [3.05, 3.63) is 108 Å². The van der Waals surface area contributed by atoms with Crippen LogP contribution in [0.4, 0.5) is 0 Å². The normalized spacial score (nSPS) is 10.4. The van der Waals surface area contributed by atoms with E-state index in [0.717, 1.165) is 16.7 Å². The summed E-state index contributed by atoms with van der Waals surface area (Å²) in [5.74, 6) is -1.39. The van der Waals surface area contributed by atoms with Crippen LogP contribution in [0.1, 0.15) is 22.7 Å². The van der Waals surface area contributed by atoms with Crippen LogP contribution in [0.3, 0.4) is 0 Å². The molecular weight excluding hydrogens is 392 g/mol. The summed E-state index contributed by atoms with van der Waals surface area (Å²) < 4.78 is 5.01. The van der Waals surface area contributed by atoms with Gasteiger partial charge in [0.2, 0.25) is 5.91 Å². The SMILES string of the molecule is O=C(Cc1ccccc1)NCC(=O)OCC(=O)NC(c1ccccc1)c1ccccc1. The number of carbonyl (C=O) groups excluding carboxylic acids is 3. The van der Waals surface area contributed by atoms with Crippen LogP contribution < -0.4 is 10.6 Å². The van der Waals surface area contributed by atoms with Crippen molar-refractivity contribution in [1.82, 2.24) is 10.6 Å². The lowest BCUT2D eigenvalue weighted by molar-refractivity contribution is -0.148. The highest BCUT2D eigenvalue weighted by atomic mass is 16.5. The van der Waals surface area contributed by atoms with E-state index < -0.39 is 18.5 Å². The molecule has 0 fully saturated rings. The molecule has 0 radical (unpaired) electrons. The molecule has 2 amide bonds. The summed E-state index contributed by atoms with van der Waals surface area (Å²) in [6.45, 7) is -0.719. The molecule has 0 aromatic heterocycles. The predicted molar refractivity (Wildman–Crippen MR) is 117 cm³/mol. The van der Waals surface area contributed by atoms with Crippen LogP contribution in [0, 0.1) is 0 Å². The first kappa shape index (κ1) is 21.8. The Kier molecular flexibility index (Phi) is 7.94. The quantitative estimate of drug-likeness (QED) is 0.526. The molecule has 0 saturated carbocycles. The van der Waals surface area contributed by atoms with E-state index in [1.54, 1.807) is 0 Å². The zero-order valence-corrected chi connectivity index (χ0v) is 17.0. The average molecular weight is 416 g/mol. The third-order valence-electron chi connectivity index (χ3n) is 4.57. The van der Waals surface area contributed by atoms with Crippen LogP contribution >= 0.6 is 0 Å². The zero-order valence-electron chi connectivity index (χ0n) is 17.0. The molecule has 3 aromatic rings. The second-order valence-electron chi connectivity index (χ2n) is 6.92. The van der Waals surface area contributed by atoms with Gasteiger partial charge in [0.15, 0.2) is 6.61 Å². The monoisotopic (exact) mass is 416 g/mol. The van der Waals surface area contributed by atoms with Gasteiger partial charge >= 0.3 is 5.97 Å². The summed E-state index contributed by atoms with van der Waals surface area (Å²) in [5, 5.41) is 5.40. The Morgan fingerprint density at radius 2 is 1.23 bits per heavy atom. The van der Waals surface area contributed by atoms with Gasteiger partial charge in [0.1, 0.15) is 6.54 Å². The number of nitrogens with one attached hydrogen (secondary N) is 2. The van der Waals surface area contributed by atoms with Crippen molar-refractivity contribution in [1.29, 1.82) is 0 Å². The Hall–Kier alpha value is -3.93. The molecule has 0 atom stereocenters. The lowest BCUT2D eigenvalue weighted by atomic mass is 9.99. The van der Waals surface area contributed by atoms with Crippen LogP contribution in [-0.4, -0.2) is 30.9 Å². The first-order chi connectivity index (χ1) is 15.1. The molecule has 2 N–H and O–H groups in total. The Balaban J connectivity index is 1.47. The summed E-state index contributed by atoms with van der Waals surface area (Å²) in [6, 6.07) is 27.9. The first-order valence-electron chi connectivity index (χ1n) is 9.97. The Morgan fingerprint density at radius 3 is 1.77 bits per heavy atom. The predicted octanol–water partition coefficient (Wildman–Crippen LogP) is 2.79. The summed E-state index contributed by atoms with van der Waals surface area (Å²) in [5.41, 5.74) is 2.68. The van der Waals surface area contributed by atoms with E-state index in [9.17, 15) is 14.4 Å². The number of ether oxygens (including phenoxy) is 1. The molecule has 0 heterocycles. The summed E-state index contributed by atoms with van der Waals surface area (Å²) >= 11 is 0. The van der Waals surface area contributed by atoms with E-state index in [1.165, 1.54) is 0 Å². The van der Waals surface area contributed by atoms with Crippen molar-refractivity contribution in [2.24, 2.45) is 0 Å². The maximum absolute atomic E-state index is 12.4. The lowest BCUT2D eigenvalue weighted by Crippen LogP contribution is -2.36. The van der Waals surface area contributed by atoms with E-state index in [0.29, 0.717) is 0 Å². The average Bonchev–Trinajstić information content (AvgIpc) is 2.81. The van der Waals surface area contributed by atoms with Gasteiger partial charge in [-0.1, -0.05) is 91.0 Å². The number of hydrogen-bond acceptors (Lipinski definition) is 4. The molecule has 6 nitrogen and oxygen atoms in total. The molecule has 0 unspecified atom stereocenters. The van der Waals surface area contributed by atoms with Gasteiger partial charge in [0.25, 0.3) is 5.91 Å². The number of esters is 1. The molecule has 0 aliphatic heterocycles. The minimum absolute atomic E-state index is 0.171. The maximum atomic E-state index is 12.4. The van der Waals surface area contributed by atoms with Gasteiger partial charge in [-0.2, -0.15) is 0 Å². The molecule has 0 saturated heterocycles. The van der Waals surface area contributed by atoms with Crippen molar-refractivity contribution in [2.45, 2.75) is 12.5 Å². The maximum Gasteiger partial charge on any atom is 0.325 e. The van der Waals surface area contributed by atoms with Crippen LogP contribution in [0.2, 0.25) is 0 Å². The third-order valence-corrected chi connectivity index (χ3v) is 4.57. The van der Waals surface area contributed by atoms with Gasteiger partial charge in [-0.3, -0.25) is 14.4 Å². The minimum atomic E-state index is -0.674. The molecule has 6 heteroatoms. The Bertz CT molecular complexity index is 952. The van der Waals surface area contributed by atoms with Crippen molar-refractivity contribution < 1.29 is 19.1 Å². The van der Waals surface area contributed by atoms with Crippen LogP contribution in [0.25, 0.3) is 0 Å². The van der Waals surface area contributed by atoms with Crippen LogP contribution in [-0.2, 0) is 25.5 Å². The Labute approximate surface area is 181 Å². The van der Waals surface area contributed by atoms with Crippen LogP contribution in [0.5, 0.6) is 0 Å². The van der Waals surface area contributed by atoms with Gasteiger partial charge in [-0.25, -0.2) is 0 Å². The molecule has 3 aromatic carbocycles. The highest BCUT2D eigenvalue weighted by molar-refractivity contribution is 5.85. The molecule has 0 spiro atoms. The molecule has 31 heavy (non-hydrogen) atoms. The number of carbonyl (C=O) groups is 3. The second kappa shape index (κ2) is 11.3. The fraction of sp³-hybridized carbons (Fsp3) is 0.160. The smallest absolute Gasteiger partial charge is 0.325 e. The topological polar surface area (TPSA) is 84.5 Å². The number of hydrogen-bond donors (Lipinski definition) is 2. The molecule has 0 aliphatic carbocycles. The number of benzene rings is 3. The molecule has 0 aliphatic rings. The van der Waals surface area contributed by atoms with Gasteiger partial charge in [-0.15, -0.1) is 0 Å². The van der Waals surface area contributed by atoms with Gasteiger partial charge in [0.05, 0.1) is 12.5 Å². The first-order valence-corrected chi connectivity index (χ1v) is 9.97. The van der Waals surface area contributed by atoms with Crippen molar-refractivity contribution >= 4 is 17.8 Å². The summed E-state index contributed by atoms with van der Waals surface area (Å²) in [4.78, 5) is 36.2. The number of amides is 2. The zero-order chi connectivity index (χ0) is 21.9.